The first-order valence-corrected chi connectivity index (χ1v) is 11.7. The third kappa shape index (κ3) is 3.20. The summed E-state index contributed by atoms with van der Waals surface area (Å²) in [6, 6.07) is 4.86. The van der Waals surface area contributed by atoms with Crippen LogP contribution >= 0.6 is 0 Å². The zero-order valence-corrected chi connectivity index (χ0v) is 19.8. The summed E-state index contributed by atoms with van der Waals surface area (Å²) in [5, 5.41) is 36.1. The van der Waals surface area contributed by atoms with Gasteiger partial charge in [0.05, 0.1) is 16.7 Å². The number of nitrogens with zero attached hydrogens (tertiary/aromatic N) is 2. The van der Waals surface area contributed by atoms with Crippen LogP contribution in [0.15, 0.2) is 58.4 Å². The molecule has 2 aromatic rings. The van der Waals surface area contributed by atoms with Gasteiger partial charge in [0, 0.05) is 30.3 Å². The average molecular weight is 504 g/mol. The summed E-state index contributed by atoms with van der Waals surface area (Å²) in [5.74, 6) is -6.01. The van der Waals surface area contributed by atoms with Gasteiger partial charge in [0.2, 0.25) is 5.78 Å². The van der Waals surface area contributed by atoms with Gasteiger partial charge in [0.1, 0.15) is 22.8 Å². The Morgan fingerprint density at radius 1 is 1.22 bits per heavy atom. The summed E-state index contributed by atoms with van der Waals surface area (Å²) in [6.45, 7) is 1.97. The van der Waals surface area contributed by atoms with Crippen LogP contribution in [0.2, 0.25) is 0 Å². The lowest BCUT2D eigenvalue weighted by Crippen LogP contribution is -2.64. The van der Waals surface area contributed by atoms with E-state index in [0.717, 1.165) is 11.1 Å². The van der Waals surface area contributed by atoms with Gasteiger partial charge in [-0.1, -0.05) is 13.0 Å². The second-order valence-electron chi connectivity index (χ2n) is 9.74. The lowest BCUT2D eigenvalue weighted by Gasteiger charge is -2.50. The number of aryl methyl sites for hydroxylation is 1. The summed E-state index contributed by atoms with van der Waals surface area (Å²) in [6.07, 6.45) is 3.38. The Labute approximate surface area is 210 Å². The molecular formula is C26H24N4O7. The second kappa shape index (κ2) is 8.15. The van der Waals surface area contributed by atoms with Crippen LogP contribution in [0.4, 0.5) is 0 Å². The summed E-state index contributed by atoms with van der Waals surface area (Å²) in [4.78, 5) is 54.5. The normalized spacial score (nSPS) is 26.9. The Balaban J connectivity index is 1.75. The Morgan fingerprint density at radius 3 is 2.59 bits per heavy atom. The number of rotatable bonds is 4. The fourth-order valence-electron chi connectivity index (χ4n) is 6.05. The van der Waals surface area contributed by atoms with Gasteiger partial charge in [-0.2, -0.15) is 0 Å². The van der Waals surface area contributed by atoms with Gasteiger partial charge in [0.15, 0.2) is 11.4 Å². The minimum atomic E-state index is -2.71. The fraction of sp³-hybridized carbons (Fsp3) is 0.308. The zero-order valence-electron chi connectivity index (χ0n) is 19.8. The highest BCUT2D eigenvalue weighted by atomic mass is 16.3. The van der Waals surface area contributed by atoms with E-state index in [4.69, 9.17) is 11.5 Å². The molecule has 5 rings (SSSR count). The first-order chi connectivity index (χ1) is 17.5. The number of carbonyl (C=O) groups excluding carboxylic acids is 3. The molecule has 0 fully saturated rings. The largest absolute Gasteiger partial charge is 0.508 e. The number of aromatic nitrogens is 1. The van der Waals surface area contributed by atoms with E-state index < -0.39 is 57.1 Å². The Bertz CT molecular complexity index is 1490. The van der Waals surface area contributed by atoms with E-state index in [-0.39, 0.29) is 30.6 Å². The van der Waals surface area contributed by atoms with E-state index in [1.165, 1.54) is 6.07 Å². The number of nitrogens with two attached hydrogens (primary N) is 2. The molecule has 7 N–H and O–H groups in total. The third-order valence-electron chi connectivity index (χ3n) is 7.78. The second-order valence-corrected chi connectivity index (χ2v) is 9.74. The van der Waals surface area contributed by atoms with E-state index in [1.807, 2.05) is 13.0 Å². The molecule has 3 aliphatic carbocycles. The molecule has 1 heterocycles. The van der Waals surface area contributed by atoms with E-state index in [2.05, 4.69) is 10.2 Å². The van der Waals surface area contributed by atoms with Gasteiger partial charge in [-0.3, -0.25) is 19.4 Å². The first-order valence-electron chi connectivity index (χ1n) is 11.7. The van der Waals surface area contributed by atoms with Crippen molar-refractivity contribution in [3.63, 3.8) is 0 Å². The minimum absolute atomic E-state index is 0.0355. The highest BCUT2D eigenvalue weighted by molar-refractivity contribution is 6.25. The number of amides is 1. The molecule has 11 nitrogen and oxygen atoms in total. The smallest absolute Gasteiger partial charge is 0.254 e. The third-order valence-corrected chi connectivity index (χ3v) is 7.78. The predicted octanol–water partition coefficient (Wildman–Crippen LogP) is 1.49. The lowest BCUT2D eigenvalue weighted by atomic mass is 9.57. The molecule has 11 heteroatoms. The van der Waals surface area contributed by atoms with Gasteiger partial charge in [0.25, 0.3) is 5.91 Å². The molecule has 0 spiro atoms. The Morgan fingerprint density at radius 2 is 1.95 bits per heavy atom. The number of phenolic OH excluding ortho intramolecular Hbond substituents is 1. The number of ketones is 2. The Kier molecular flexibility index (Phi) is 5.39. The zero-order chi connectivity index (χ0) is 26.9. The van der Waals surface area contributed by atoms with Gasteiger partial charge in [-0.25, -0.2) is 0 Å². The number of allylic oxidation sites excluding steroid dienone is 1. The van der Waals surface area contributed by atoms with Gasteiger partial charge in [-0.05, 0) is 53.3 Å². The van der Waals surface area contributed by atoms with Crippen molar-refractivity contribution in [2.45, 2.75) is 43.7 Å². The lowest BCUT2D eigenvalue weighted by molar-refractivity contribution is -0.143. The maximum atomic E-state index is 13.8. The highest BCUT2D eigenvalue weighted by Gasteiger charge is 2.63. The number of hydrogen-bond donors (Lipinski definition) is 5. The van der Waals surface area contributed by atoms with Crippen molar-refractivity contribution in [2.75, 3.05) is 0 Å². The van der Waals surface area contributed by atoms with Crippen molar-refractivity contribution >= 4 is 17.5 Å². The van der Waals surface area contributed by atoms with E-state index in [9.17, 15) is 34.6 Å². The molecule has 0 aliphatic heterocycles. The number of phenols is 1. The van der Waals surface area contributed by atoms with Crippen molar-refractivity contribution in [2.24, 2.45) is 22.6 Å². The topological polar surface area (TPSA) is 206 Å². The number of fused-ring (bicyclic) bond motifs is 3. The number of aliphatic hydroxyl groups is 2. The number of aliphatic hydroxyl groups excluding tert-OH is 1. The van der Waals surface area contributed by atoms with Gasteiger partial charge >= 0.3 is 0 Å². The molecule has 0 saturated heterocycles. The van der Waals surface area contributed by atoms with Crippen molar-refractivity contribution in [3.8, 4) is 16.9 Å². The number of aromatic hydroxyl groups is 1. The van der Waals surface area contributed by atoms with E-state index in [1.54, 1.807) is 18.5 Å². The molecule has 1 aromatic heterocycles. The number of Topliss-reactive ketones (excluding diaryl/α,β-unsaturated/α-hetero) is 2. The van der Waals surface area contributed by atoms with Crippen LogP contribution < -0.4 is 11.5 Å². The first kappa shape index (κ1) is 24.5. The molecule has 3 atom stereocenters. The van der Waals surface area contributed by atoms with Crippen LogP contribution in [0.25, 0.3) is 11.1 Å². The number of carbonyl (C=O) groups is 3. The summed E-state index contributed by atoms with van der Waals surface area (Å²) in [5.41, 5.74) is 8.65. The van der Waals surface area contributed by atoms with Gasteiger partial charge in [-0.15, -0.1) is 4.91 Å². The minimum Gasteiger partial charge on any atom is -0.508 e. The Hall–Kier alpha value is -4.22. The molecular weight excluding hydrogens is 480 g/mol. The molecule has 37 heavy (non-hydrogen) atoms. The molecule has 0 radical (unpaired) electrons. The average Bonchev–Trinajstić information content (AvgIpc) is 2.85. The van der Waals surface area contributed by atoms with Crippen molar-refractivity contribution in [3.05, 3.63) is 74.8 Å². The van der Waals surface area contributed by atoms with Crippen LogP contribution in [-0.2, 0) is 22.4 Å². The number of hydrogen-bond acceptors (Lipinski definition) is 10. The maximum Gasteiger partial charge on any atom is 0.254 e. The summed E-state index contributed by atoms with van der Waals surface area (Å²) < 4.78 is 0. The SMILES string of the molecule is CCc1ccncc1-c1ccc(O)c2c1C[C@@]1(N)C[C@H]3CC(N=O)=C(C(N)=O)C(=O)[C@@]3(O)C(O)=C1C2=O. The summed E-state index contributed by atoms with van der Waals surface area (Å²) >= 11 is 0. The van der Waals surface area contributed by atoms with E-state index >= 15 is 0 Å². The monoisotopic (exact) mass is 504 g/mol. The van der Waals surface area contributed by atoms with Crippen LogP contribution in [0, 0.1) is 10.8 Å². The number of benzene rings is 1. The highest BCUT2D eigenvalue weighted by Crippen LogP contribution is 2.53. The molecule has 0 bridgehead atoms. The molecule has 1 aromatic carbocycles. The van der Waals surface area contributed by atoms with Crippen molar-refractivity contribution in [1.82, 2.24) is 4.98 Å². The van der Waals surface area contributed by atoms with Crippen LogP contribution in [0.1, 0.15) is 41.3 Å². The molecule has 1 amide bonds. The van der Waals surface area contributed by atoms with E-state index in [0.29, 0.717) is 17.5 Å². The molecule has 3 aliphatic rings. The molecule has 190 valence electrons. The van der Waals surface area contributed by atoms with Crippen LogP contribution in [0.3, 0.4) is 0 Å². The maximum absolute atomic E-state index is 13.8. The summed E-state index contributed by atoms with van der Waals surface area (Å²) in [7, 11) is 0. The van der Waals surface area contributed by atoms with Crippen molar-refractivity contribution < 1.29 is 29.7 Å². The number of nitroso groups, excluding NO2 is 1. The number of primary amides is 1. The molecule has 0 saturated carbocycles. The predicted molar refractivity (Wildman–Crippen MR) is 130 cm³/mol. The molecule has 0 unspecified atom stereocenters. The van der Waals surface area contributed by atoms with Crippen LogP contribution in [-0.4, -0.2) is 48.9 Å². The number of pyridine rings is 1. The standard InChI is InChI=1S/C26H24N4O7/c1-2-11-5-6-29-10-15(11)13-3-4-17(31)18-14(13)9-25(28)8-12-7-16(30-37)19(24(27)35)22(33)26(12,36)23(34)20(25)21(18)32/h3-6,10,12,31,34,36H,2,7-9,28H2,1H3,(H2,27,35)/t12-,25+,26-/m1/s1. The fourth-order valence-corrected chi connectivity index (χ4v) is 6.05. The van der Waals surface area contributed by atoms with Crippen LogP contribution in [0.5, 0.6) is 5.75 Å². The van der Waals surface area contributed by atoms with Gasteiger partial charge < -0.3 is 26.8 Å². The quantitative estimate of drug-likeness (QED) is 0.301. The van der Waals surface area contributed by atoms with Crippen molar-refractivity contribution in [1.29, 1.82) is 0 Å².